The SMILES string of the molecule is CC(C(F)(F)F)P(=O)([O-])OC1CCCCC1. The van der Waals surface area contributed by atoms with Crippen LogP contribution in [0.1, 0.15) is 39.0 Å². The predicted octanol–water partition coefficient (Wildman–Crippen LogP) is 2.84. The minimum absolute atomic E-state index is 0.525. The molecule has 1 rings (SSSR count). The quantitative estimate of drug-likeness (QED) is 0.732. The van der Waals surface area contributed by atoms with Gasteiger partial charge in [0.25, 0.3) is 0 Å². The monoisotopic (exact) mass is 259 g/mol. The molecule has 0 aromatic carbocycles. The molecule has 16 heavy (non-hydrogen) atoms. The Morgan fingerprint density at radius 2 is 1.81 bits per heavy atom. The third kappa shape index (κ3) is 3.75. The van der Waals surface area contributed by atoms with Crippen LogP contribution in [0.3, 0.4) is 0 Å². The fraction of sp³-hybridized carbons (Fsp3) is 1.00. The molecule has 0 spiro atoms. The normalized spacial score (nSPS) is 25.1. The van der Waals surface area contributed by atoms with E-state index in [1.807, 2.05) is 0 Å². The van der Waals surface area contributed by atoms with Crippen LogP contribution >= 0.6 is 7.60 Å². The van der Waals surface area contributed by atoms with Crippen LogP contribution in [0.15, 0.2) is 0 Å². The standard InChI is InChI=1S/C9H16F3O3P/c1-7(9(10,11)12)16(13,14)15-8-5-3-2-4-6-8/h7-8H,2-6H2,1H3,(H,13,14)/p-1. The predicted molar refractivity (Wildman–Crippen MR) is 51.1 cm³/mol. The van der Waals surface area contributed by atoms with Crippen molar-refractivity contribution in [2.45, 2.75) is 57.0 Å². The molecule has 96 valence electrons. The molecule has 0 radical (unpaired) electrons. The average molecular weight is 259 g/mol. The van der Waals surface area contributed by atoms with Crippen LogP contribution in [0.25, 0.3) is 0 Å². The van der Waals surface area contributed by atoms with Gasteiger partial charge in [0, 0.05) is 0 Å². The van der Waals surface area contributed by atoms with Gasteiger partial charge in [-0.1, -0.05) is 19.3 Å². The highest BCUT2D eigenvalue weighted by atomic mass is 31.2. The van der Waals surface area contributed by atoms with Crippen LogP contribution in [-0.2, 0) is 9.09 Å². The Bertz CT molecular complexity index is 274. The lowest BCUT2D eigenvalue weighted by Gasteiger charge is -2.35. The number of rotatable bonds is 3. The third-order valence-corrected chi connectivity index (χ3v) is 4.63. The zero-order valence-electron chi connectivity index (χ0n) is 9.00. The molecule has 0 N–H and O–H groups in total. The summed E-state index contributed by atoms with van der Waals surface area (Å²) in [4.78, 5) is 11.3. The highest BCUT2D eigenvalue weighted by molar-refractivity contribution is 7.52. The Hall–Kier alpha value is -0.0600. The second kappa shape index (κ2) is 5.07. The van der Waals surface area contributed by atoms with Gasteiger partial charge in [-0.25, -0.2) is 0 Å². The Morgan fingerprint density at radius 1 is 1.31 bits per heavy atom. The van der Waals surface area contributed by atoms with E-state index in [2.05, 4.69) is 4.52 Å². The summed E-state index contributed by atoms with van der Waals surface area (Å²) in [5.41, 5.74) is -2.43. The van der Waals surface area contributed by atoms with Crippen molar-refractivity contribution < 1.29 is 27.2 Å². The van der Waals surface area contributed by atoms with Crippen LogP contribution in [0, 0.1) is 0 Å². The van der Waals surface area contributed by atoms with Gasteiger partial charge < -0.3 is 14.0 Å². The van der Waals surface area contributed by atoms with E-state index < -0.39 is 25.5 Å². The first-order chi connectivity index (χ1) is 7.23. The second-order valence-corrected chi connectivity index (χ2v) is 6.19. The summed E-state index contributed by atoms with van der Waals surface area (Å²) in [6.07, 6.45) is -1.67. The van der Waals surface area contributed by atoms with E-state index in [9.17, 15) is 22.6 Å². The van der Waals surface area contributed by atoms with E-state index in [1.54, 1.807) is 0 Å². The summed E-state index contributed by atoms with van der Waals surface area (Å²) in [5, 5.41) is 0. The molecule has 0 saturated heterocycles. The molecule has 1 aliphatic carbocycles. The highest BCUT2D eigenvalue weighted by Crippen LogP contribution is 2.51. The number of halogens is 3. The molecule has 0 bridgehead atoms. The van der Waals surface area contributed by atoms with Crippen molar-refractivity contribution in [2.75, 3.05) is 0 Å². The largest absolute Gasteiger partial charge is 0.778 e. The Balaban J connectivity index is 2.59. The number of hydrogen-bond acceptors (Lipinski definition) is 3. The molecular formula is C9H15F3O3P-. The molecule has 1 aliphatic rings. The Labute approximate surface area is 92.5 Å². The highest BCUT2D eigenvalue weighted by Gasteiger charge is 2.44. The molecule has 0 amide bonds. The molecular weight excluding hydrogens is 244 g/mol. The van der Waals surface area contributed by atoms with Gasteiger partial charge in [-0.2, -0.15) is 13.2 Å². The summed E-state index contributed by atoms with van der Waals surface area (Å²) >= 11 is 0. The molecule has 7 heteroatoms. The van der Waals surface area contributed by atoms with Gasteiger partial charge in [-0.15, -0.1) is 0 Å². The average Bonchev–Trinajstić information content (AvgIpc) is 2.16. The van der Waals surface area contributed by atoms with Crippen molar-refractivity contribution in [1.82, 2.24) is 0 Å². The molecule has 1 fully saturated rings. The molecule has 0 aromatic rings. The third-order valence-electron chi connectivity index (χ3n) is 2.80. The fourth-order valence-electron chi connectivity index (χ4n) is 1.65. The summed E-state index contributed by atoms with van der Waals surface area (Å²) in [5.74, 6) is 0. The maximum Gasteiger partial charge on any atom is 0.399 e. The van der Waals surface area contributed by atoms with E-state index in [1.165, 1.54) is 0 Å². The lowest BCUT2D eigenvalue weighted by atomic mass is 9.98. The zero-order chi connectivity index (χ0) is 12.4. The molecule has 1 saturated carbocycles. The molecule has 2 unspecified atom stereocenters. The van der Waals surface area contributed by atoms with E-state index in [0.717, 1.165) is 19.3 Å². The molecule has 0 aromatic heterocycles. The first-order valence-corrected chi connectivity index (χ1v) is 6.90. The van der Waals surface area contributed by atoms with Gasteiger partial charge in [0.2, 0.25) is 0 Å². The molecule has 0 aliphatic heterocycles. The lowest BCUT2D eigenvalue weighted by molar-refractivity contribution is -0.220. The van der Waals surface area contributed by atoms with Gasteiger partial charge in [0.05, 0.1) is 6.10 Å². The van der Waals surface area contributed by atoms with E-state index in [0.29, 0.717) is 19.8 Å². The van der Waals surface area contributed by atoms with Crippen molar-refractivity contribution in [2.24, 2.45) is 0 Å². The summed E-state index contributed by atoms with van der Waals surface area (Å²) in [6, 6.07) is 0. The van der Waals surface area contributed by atoms with Crippen LogP contribution < -0.4 is 4.89 Å². The van der Waals surface area contributed by atoms with Crippen LogP contribution in [0.2, 0.25) is 0 Å². The van der Waals surface area contributed by atoms with E-state index >= 15 is 0 Å². The zero-order valence-corrected chi connectivity index (χ0v) is 9.89. The minimum Gasteiger partial charge on any atom is -0.778 e. The minimum atomic E-state index is -4.85. The van der Waals surface area contributed by atoms with Gasteiger partial charge >= 0.3 is 6.18 Å². The van der Waals surface area contributed by atoms with Crippen molar-refractivity contribution in [3.8, 4) is 0 Å². The van der Waals surface area contributed by atoms with Crippen LogP contribution in [0.5, 0.6) is 0 Å². The van der Waals surface area contributed by atoms with E-state index in [4.69, 9.17) is 0 Å². The Kier molecular flexibility index (Phi) is 4.43. The summed E-state index contributed by atoms with van der Waals surface area (Å²) < 4.78 is 52.7. The topological polar surface area (TPSA) is 49.4 Å². The first-order valence-electron chi connectivity index (χ1n) is 5.29. The maximum absolute atomic E-state index is 12.2. The number of hydrogen-bond donors (Lipinski definition) is 0. The van der Waals surface area contributed by atoms with Crippen molar-refractivity contribution in [3.05, 3.63) is 0 Å². The lowest BCUT2D eigenvalue weighted by Crippen LogP contribution is -2.33. The maximum atomic E-state index is 12.2. The van der Waals surface area contributed by atoms with Gasteiger partial charge in [-0.3, -0.25) is 0 Å². The van der Waals surface area contributed by atoms with Crippen LogP contribution in [-0.4, -0.2) is 17.9 Å². The molecule has 3 nitrogen and oxygen atoms in total. The van der Waals surface area contributed by atoms with E-state index in [-0.39, 0.29) is 0 Å². The summed E-state index contributed by atoms with van der Waals surface area (Å²) in [7, 11) is -4.85. The smallest absolute Gasteiger partial charge is 0.399 e. The second-order valence-electron chi connectivity index (χ2n) is 4.12. The van der Waals surface area contributed by atoms with Gasteiger partial charge in [0.15, 0.2) is 0 Å². The van der Waals surface area contributed by atoms with Crippen molar-refractivity contribution >= 4 is 7.60 Å². The molecule has 0 heterocycles. The first kappa shape index (κ1) is 14.0. The van der Waals surface area contributed by atoms with Crippen molar-refractivity contribution in [1.29, 1.82) is 0 Å². The Morgan fingerprint density at radius 3 is 2.25 bits per heavy atom. The van der Waals surface area contributed by atoms with Crippen LogP contribution in [0.4, 0.5) is 13.2 Å². The fourth-order valence-corrected chi connectivity index (χ4v) is 2.82. The van der Waals surface area contributed by atoms with Gasteiger partial charge in [0.1, 0.15) is 13.3 Å². The van der Waals surface area contributed by atoms with Crippen molar-refractivity contribution in [3.63, 3.8) is 0 Å². The molecule has 2 atom stereocenters. The summed E-state index contributed by atoms with van der Waals surface area (Å²) in [6.45, 7) is 0.622. The number of alkyl halides is 3. The van der Waals surface area contributed by atoms with Gasteiger partial charge in [-0.05, 0) is 19.8 Å².